The third-order valence-electron chi connectivity index (χ3n) is 4.23. The van der Waals surface area contributed by atoms with Crippen LogP contribution in [0.25, 0.3) is 11.0 Å². The summed E-state index contributed by atoms with van der Waals surface area (Å²) < 4.78 is 2.22. The van der Waals surface area contributed by atoms with Gasteiger partial charge in [0.1, 0.15) is 11.6 Å². The molecule has 20 heavy (non-hydrogen) atoms. The first-order valence-corrected chi connectivity index (χ1v) is 7.04. The number of aromatic nitrogens is 3. The summed E-state index contributed by atoms with van der Waals surface area (Å²) in [6, 6.07) is 0. The van der Waals surface area contributed by atoms with Crippen LogP contribution in [0.1, 0.15) is 17.1 Å². The van der Waals surface area contributed by atoms with Crippen molar-refractivity contribution in [3.63, 3.8) is 0 Å². The third-order valence-corrected chi connectivity index (χ3v) is 4.23. The van der Waals surface area contributed by atoms with Gasteiger partial charge in [0.15, 0.2) is 5.65 Å². The van der Waals surface area contributed by atoms with Gasteiger partial charge in [-0.25, -0.2) is 14.6 Å². The summed E-state index contributed by atoms with van der Waals surface area (Å²) in [4.78, 5) is 11.3. The van der Waals surface area contributed by atoms with Gasteiger partial charge >= 0.3 is 0 Å². The number of fused-ring (bicyclic) bond motifs is 1. The molecule has 1 saturated heterocycles. The second-order valence-electron chi connectivity index (χ2n) is 5.63. The van der Waals surface area contributed by atoms with E-state index in [1.807, 2.05) is 6.92 Å². The molecule has 2 N–H and O–H groups in total. The molecule has 0 aliphatic carbocycles. The van der Waals surface area contributed by atoms with Gasteiger partial charge in [0.2, 0.25) is 0 Å². The Morgan fingerprint density at radius 2 is 1.65 bits per heavy atom. The van der Waals surface area contributed by atoms with Crippen molar-refractivity contribution in [2.24, 2.45) is 0 Å². The van der Waals surface area contributed by atoms with Crippen LogP contribution in [0.4, 0.5) is 5.82 Å². The summed E-state index contributed by atoms with van der Waals surface area (Å²) in [5.74, 6) is 1.31. The Morgan fingerprint density at radius 1 is 1.00 bits per heavy atom. The van der Waals surface area contributed by atoms with E-state index in [0.717, 1.165) is 43.0 Å². The van der Waals surface area contributed by atoms with E-state index in [-0.39, 0.29) is 0 Å². The van der Waals surface area contributed by atoms with E-state index in [9.17, 15) is 0 Å². The largest absolute Gasteiger partial charge is 0.383 e. The Bertz CT molecular complexity index is 651. The summed E-state index contributed by atoms with van der Waals surface area (Å²) in [5.41, 5.74) is 9.42. The number of rotatable bonds is 1. The van der Waals surface area contributed by atoms with E-state index in [4.69, 9.17) is 5.73 Å². The van der Waals surface area contributed by atoms with Gasteiger partial charge < -0.3 is 15.6 Å². The first-order valence-electron chi connectivity index (χ1n) is 7.04. The molecule has 0 saturated carbocycles. The molecule has 1 fully saturated rings. The molecule has 2 aromatic rings. The van der Waals surface area contributed by atoms with Crippen molar-refractivity contribution in [2.75, 3.05) is 44.0 Å². The fourth-order valence-corrected chi connectivity index (χ4v) is 2.93. The molecule has 0 unspecified atom stereocenters. The normalized spacial score (nSPS) is 17.1. The molecule has 0 bridgehead atoms. The minimum atomic E-state index is 0.584. The molecule has 0 aromatic carbocycles. The van der Waals surface area contributed by atoms with Crippen LogP contribution in [0, 0.1) is 20.8 Å². The van der Waals surface area contributed by atoms with E-state index >= 15 is 0 Å². The molecule has 6 nitrogen and oxygen atoms in total. The average molecular weight is 274 g/mol. The molecule has 6 heteroatoms. The zero-order chi connectivity index (χ0) is 14.4. The first kappa shape index (κ1) is 13.2. The number of nitrogens with zero attached hydrogens (tertiary/aromatic N) is 5. The van der Waals surface area contributed by atoms with Crippen LogP contribution in [0.15, 0.2) is 0 Å². The standard InChI is InChI=1S/C14H22N6/c1-9-10(2)20(19-7-5-18(4)6-8-19)14-12(9)13(15)16-11(3)17-14/h5-8H2,1-4H3,(H2,15,16,17). The van der Waals surface area contributed by atoms with Crippen LogP contribution >= 0.6 is 0 Å². The molecule has 0 radical (unpaired) electrons. The number of hydrogen-bond acceptors (Lipinski definition) is 5. The zero-order valence-electron chi connectivity index (χ0n) is 12.6. The van der Waals surface area contributed by atoms with Crippen LogP contribution in [0.3, 0.4) is 0 Å². The van der Waals surface area contributed by atoms with Crippen molar-refractivity contribution in [3.8, 4) is 0 Å². The van der Waals surface area contributed by atoms with E-state index < -0.39 is 0 Å². The molecular weight excluding hydrogens is 252 g/mol. The lowest BCUT2D eigenvalue weighted by Gasteiger charge is -2.35. The molecule has 0 atom stereocenters. The molecule has 1 aliphatic rings. The fraction of sp³-hybridized carbons (Fsp3) is 0.571. The Balaban J connectivity index is 2.17. The van der Waals surface area contributed by atoms with Crippen molar-refractivity contribution >= 4 is 16.9 Å². The summed E-state index contributed by atoms with van der Waals surface area (Å²) in [5, 5.41) is 3.35. The second kappa shape index (κ2) is 4.63. The van der Waals surface area contributed by atoms with Crippen LogP contribution in [0.2, 0.25) is 0 Å². The van der Waals surface area contributed by atoms with Crippen molar-refractivity contribution in [1.82, 2.24) is 19.5 Å². The number of piperazine rings is 1. The SMILES string of the molecule is Cc1nc(N)c2c(C)c(C)n(N3CCN(C)CC3)c2n1. The zero-order valence-corrected chi connectivity index (χ0v) is 12.6. The lowest BCUT2D eigenvalue weighted by molar-refractivity contribution is 0.288. The van der Waals surface area contributed by atoms with E-state index in [0.29, 0.717) is 5.82 Å². The predicted octanol–water partition coefficient (Wildman–Crippen LogP) is 0.822. The lowest BCUT2D eigenvalue weighted by Crippen LogP contribution is -2.50. The number of hydrogen-bond donors (Lipinski definition) is 1. The minimum Gasteiger partial charge on any atom is -0.383 e. The highest BCUT2D eigenvalue weighted by atomic mass is 15.6. The van der Waals surface area contributed by atoms with Gasteiger partial charge in [-0.05, 0) is 33.4 Å². The average Bonchev–Trinajstić information content (AvgIpc) is 2.63. The van der Waals surface area contributed by atoms with E-state index in [1.165, 1.54) is 11.3 Å². The van der Waals surface area contributed by atoms with Crippen LogP contribution < -0.4 is 10.7 Å². The number of nitrogens with two attached hydrogens (primary N) is 1. The lowest BCUT2D eigenvalue weighted by atomic mass is 10.2. The topological polar surface area (TPSA) is 63.2 Å². The molecule has 0 spiro atoms. The number of nitrogen functional groups attached to an aromatic ring is 1. The predicted molar refractivity (Wildman–Crippen MR) is 81.6 cm³/mol. The molecular formula is C14H22N6. The summed E-state index contributed by atoms with van der Waals surface area (Å²) in [6.07, 6.45) is 0. The maximum atomic E-state index is 6.10. The Morgan fingerprint density at radius 3 is 2.30 bits per heavy atom. The molecule has 2 aromatic heterocycles. The highest BCUT2D eigenvalue weighted by Crippen LogP contribution is 2.28. The van der Waals surface area contributed by atoms with Gasteiger partial charge in [0, 0.05) is 31.9 Å². The second-order valence-corrected chi connectivity index (χ2v) is 5.63. The summed E-state index contributed by atoms with van der Waals surface area (Å²) in [6.45, 7) is 10.3. The van der Waals surface area contributed by atoms with Gasteiger partial charge in [-0.3, -0.25) is 0 Å². The van der Waals surface area contributed by atoms with E-state index in [1.54, 1.807) is 0 Å². The Labute approximate surface area is 119 Å². The molecule has 108 valence electrons. The smallest absolute Gasteiger partial charge is 0.164 e. The maximum Gasteiger partial charge on any atom is 0.164 e. The van der Waals surface area contributed by atoms with Crippen LogP contribution in [-0.2, 0) is 0 Å². The van der Waals surface area contributed by atoms with Crippen LogP contribution in [-0.4, -0.2) is 52.8 Å². The van der Waals surface area contributed by atoms with Crippen molar-refractivity contribution in [1.29, 1.82) is 0 Å². The van der Waals surface area contributed by atoms with Gasteiger partial charge in [0.05, 0.1) is 5.39 Å². The number of aryl methyl sites for hydroxylation is 2. The maximum absolute atomic E-state index is 6.10. The quantitative estimate of drug-likeness (QED) is 0.834. The monoisotopic (exact) mass is 274 g/mol. The fourth-order valence-electron chi connectivity index (χ4n) is 2.93. The third kappa shape index (κ3) is 1.91. The Hall–Kier alpha value is -1.82. The van der Waals surface area contributed by atoms with Crippen molar-refractivity contribution in [3.05, 3.63) is 17.1 Å². The van der Waals surface area contributed by atoms with E-state index in [2.05, 4.69) is 45.4 Å². The van der Waals surface area contributed by atoms with Gasteiger partial charge in [-0.2, -0.15) is 0 Å². The van der Waals surface area contributed by atoms with Gasteiger partial charge in [0.25, 0.3) is 0 Å². The first-order chi connectivity index (χ1) is 9.49. The minimum absolute atomic E-state index is 0.584. The van der Waals surface area contributed by atoms with Crippen molar-refractivity contribution in [2.45, 2.75) is 20.8 Å². The number of likely N-dealkylation sites (N-methyl/N-ethyl adjacent to an activating group) is 1. The molecule has 1 aliphatic heterocycles. The molecule has 0 amide bonds. The van der Waals surface area contributed by atoms with Gasteiger partial charge in [-0.1, -0.05) is 0 Å². The van der Waals surface area contributed by atoms with Crippen LogP contribution in [0.5, 0.6) is 0 Å². The molecule has 3 heterocycles. The van der Waals surface area contributed by atoms with Crippen molar-refractivity contribution < 1.29 is 0 Å². The number of anilines is 1. The highest BCUT2D eigenvalue weighted by molar-refractivity contribution is 5.91. The highest BCUT2D eigenvalue weighted by Gasteiger charge is 2.22. The summed E-state index contributed by atoms with van der Waals surface area (Å²) >= 11 is 0. The van der Waals surface area contributed by atoms with Gasteiger partial charge in [-0.15, -0.1) is 0 Å². The summed E-state index contributed by atoms with van der Waals surface area (Å²) in [7, 11) is 2.16. The Kier molecular flexibility index (Phi) is 3.05. The molecule has 3 rings (SSSR count).